The van der Waals surface area contributed by atoms with Crippen LogP contribution in [0.2, 0.25) is 0 Å². The minimum absolute atomic E-state index is 0.612. The first-order valence-electron chi connectivity index (χ1n) is 8.56. The van der Waals surface area contributed by atoms with E-state index in [4.69, 9.17) is 0 Å². The minimum atomic E-state index is 0.612. The zero-order valence-corrected chi connectivity index (χ0v) is 14.3. The van der Waals surface area contributed by atoms with E-state index in [0.717, 1.165) is 22.3 Å². The van der Waals surface area contributed by atoms with Crippen LogP contribution in [0.5, 0.6) is 0 Å². The Bertz CT molecular complexity index is 987. The van der Waals surface area contributed by atoms with Gasteiger partial charge in [0.25, 0.3) is 0 Å². The molecule has 0 bridgehead atoms. The molecule has 26 heavy (non-hydrogen) atoms. The Morgan fingerprint density at radius 3 is 2.31 bits per heavy atom. The van der Waals surface area contributed by atoms with Crippen LogP contribution in [0.4, 0.5) is 11.8 Å². The lowest BCUT2D eigenvalue weighted by molar-refractivity contribution is 1.05. The summed E-state index contributed by atoms with van der Waals surface area (Å²) in [5.41, 5.74) is 3.20. The molecule has 0 atom stereocenters. The number of fused-ring (bicyclic) bond motifs is 1. The van der Waals surface area contributed by atoms with Crippen molar-refractivity contribution in [1.29, 1.82) is 0 Å². The summed E-state index contributed by atoms with van der Waals surface area (Å²) in [4.78, 5) is 13.5. The molecule has 0 saturated heterocycles. The first-order chi connectivity index (χ1) is 12.9. The Kier molecular flexibility index (Phi) is 4.69. The molecular weight excluding hydrogens is 322 g/mol. The molecule has 0 amide bonds. The summed E-state index contributed by atoms with van der Waals surface area (Å²) in [5.74, 6) is 1.43. The van der Waals surface area contributed by atoms with Crippen LogP contribution >= 0.6 is 0 Å². The molecule has 0 spiro atoms. The van der Waals surface area contributed by atoms with E-state index in [-0.39, 0.29) is 0 Å². The van der Waals surface area contributed by atoms with Crippen LogP contribution in [0.3, 0.4) is 0 Å². The van der Waals surface area contributed by atoms with E-state index < -0.39 is 0 Å². The second-order valence-corrected chi connectivity index (χ2v) is 5.97. The molecular formula is C21H19N5. The summed E-state index contributed by atoms with van der Waals surface area (Å²) >= 11 is 0. The monoisotopic (exact) mass is 341 g/mol. The maximum atomic E-state index is 4.68. The van der Waals surface area contributed by atoms with E-state index in [1.807, 2.05) is 60.8 Å². The van der Waals surface area contributed by atoms with Crippen molar-refractivity contribution in [2.24, 2.45) is 0 Å². The molecule has 2 heterocycles. The number of rotatable bonds is 6. The summed E-state index contributed by atoms with van der Waals surface area (Å²) in [6.07, 6.45) is 3.63. The van der Waals surface area contributed by atoms with Gasteiger partial charge in [-0.15, -0.1) is 0 Å². The fourth-order valence-corrected chi connectivity index (χ4v) is 2.76. The summed E-state index contributed by atoms with van der Waals surface area (Å²) in [7, 11) is 0. The van der Waals surface area contributed by atoms with Gasteiger partial charge in [-0.1, -0.05) is 48.5 Å². The van der Waals surface area contributed by atoms with E-state index >= 15 is 0 Å². The van der Waals surface area contributed by atoms with E-state index in [1.54, 1.807) is 6.20 Å². The highest BCUT2D eigenvalue weighted by molar-refractivity contribution is 5.90. The number of pyridine rings is 1. The van der Waals surface area contributed by atoms with Gasteiger partial charge in [0.05, 0.1) is 5.52 Å². The number of nitrogens with one attached hydrogen (secondary N) is 2. The summed E-state index contributed by atoms with van der Waals surface area (Å²) < 4.78 is 0. The maximum Gasteiger partial charge on any atom is 0.225 e. The van der Waals surface area contributed by atoms with Gasteiger partial charge in [-0.2, -0.15) is 4.98 Å². The summed E-state index contributed by atoms with van der Waals surface area (Å²) in [6, 6.07) is 22.2. The van der Waals surface area contributed by atoms with Gasteiger partial charge in [0.1, 0.15) is 5.82 Å². The van der Waals surface area contributed by atoms with Crippen molar-refractivity contribution in [1.82, 2.24) is 15.0 Å². The number of anilines is 2. The Labute approximate surface area is 152 Å². The van der Waals surface area contributed by atoms with Gasteiger partial charge in [0, 0.05) is 30.9 Å². The van der Waals surface area contributed by atoms with Gasteiger partial charge in [-0.25, -0.2) is 4.98 Å². The first-order valence-corrected chi connectivity index (χ1v) is 8.56. The number of para-hydroxylation sites is 1. The van der Waals surface area contributed by atoms with Crippen LogP contribution in [-0.2, 0) is 13.1 Å². The normalized spacial score (nSPS) is 10.6. The maximum absolute atomic E-state index is 4.68. The number of nitrogens with zero attached hydrogens (tertiary/aromatic N) is 3. The van der Waals surface area contributed by atoms with Crippen molar-refractivity contribution in [3.05, 3.63) is 90.3 Å². The first kappa shape index (κ1) is 16.0. The van der Waals surface area contributed by atoms with Crippen molar-refractivity contribution in [2.45, 2.75) is 13.1 Å². The topological polar surface area (TPSA) is 62.7 Å². The van der Waals surface area contributed by atoms with Crippen LogP contribution in [-0.4, -0.2) is 15.0 Å². The average molecular weight is 341 g/mol. The molecule has 4 rings (SSSR count). The highest BCUT2D eigenvalue weighted by atomic mass is 15.1. The zero-order chi connectivity index (χ0) is 17.6. The fourth-order valence-electron chi connectivity index (χ4n) is 2.76. The highest BCUT2D eigenvalue weighted by Crippen LogP contribution is 2.22. The van der Waals surface area contributed by atoms with Crippen LogP contribution in [0.25, 0.3) is 10.9 Å². The van der Waals surface area contributed by atoms with Crippen LogP contribution < -0.4 is 10.6 Å². The lowest BCUT2D eigenvalue weighted by atomic mass is 10.2. The molecule has 2 N–H and O–H groups in total. The van der Waals surface area contributed by atoms with Gasteiger partial charge in [-0.3, -0.25) is 4.98 Å². The molecule has 0 aliphatic carbocycles. The third kappa shape index (κ3) is 3.78. The van der Waals surface area contributed by atoms with Crippen LogP contribution in [0.15, 0.2) is 79.1 Å². The molecule has 2 aromatic heterocycles. The van der Waals surface area contributed by atoms with E-state index in [1.165, 1.54) is 5.56 Å². The largest absolute Gasteiger partial charge is 0.365 e. The van der Waals surface area contributed by atoms with Crippen LogP contribution in [0.1, 0.15) is 11.1 Å². The van der Waals surface area contributed by atoms with Gasteiger partial charge in [0.2, 0.25) is 5.95 Å². The van der Waals surface area contributed by atoms with Gasteiger partial charge >= 0.3 is 0 Å². The second-order valence-electron chi connectivity index (χ2n) is 5.97. The number of aromatic nitrogens is 3. The molecule has 0 aliphatic heterocycles. The quantitative estimate of drug-likeness (QED) is 0.549. The third-order valence-corrected chi connectivity index (χ3v) is 4.08. The average Bonchev–Trinajstić information content (AvgIpc) is 2.72. The standard InChI is InChI=1S/C21H19N5/c1-2-7-16(8-3-1)14-24-21-25-19-11-5-4-10-18(19)20(26-21)23-15-17-9-6-12-22-13-17/h1-13H,14-15H2,(H2,23,24,25,26). The highest BCUT2D eigenvalue weighted by Gasteiger charge is 2.07. The lowest BCUT2D eigenvalue weighted by Gasteiger charge is -2.12. The van der Waals surface area contributed by atoms with E-state index in [9.17, 15) is 0 Å². The zero-order valence-electron chi connectivity index (χ0n) is 14.3. The fraction of sp³-hybridized carbons (Fsp3) is 0.0952. The predicted octanol–water partition coefficient (Wildman–Crippen LogP) is 4.25. The molecule has 0 fully saturated rings. The molecule has 0 saturated carbocycles. The van der Waals surface area contributed by atoms with Gasteiger partial charge in [-0.05, 0) is 29.3 Å². The van der Waals surface area contributed by atoms with Crippen molar-refractivity contribution in [3.63, 3.8) is 0 Å². The Hall–Kier alpha value is -3.47. The Morgan fingerprint density at radius 1 is 0.692 bits per heavy atom. The van der Waals surface area contributed by atoms with Gasteiger partial charge < -0.3 is 10.6 Å². The molecule has 0 unspecified atom stereocenters. The van der Waals surface area contributed by atoms with E-state index in [0.29, 0.717) is 19.0 Å². The molecule has 4 aromatic rings. The van der Waals surface area contributed by atoms with E-state index in [2.05, 4.69) is 37.7 Å². The predicted molar refractivity (Wildman–Crippen MR) is 105 cm³/mol. The van der Waals surface area contributed by atoms with Crippen molar-refractivity contribution in [2.75, 3.05) is 10.6 Å². The molecule has 2 aromatic carbocycles. The summed E-state index contributed by atoms with van der Waals surface area (Å²) in [5, 5.41) is 7.73. The number of hydrogen-bond acceptors (Lipinski definition) is 5. The Balaban J connectivity index is 1.58. The molecule has 5 nitrogen and oxygen atoms in total. The number of benzene rings is 2. The van der Waals surface area contributed by atoms with Crippen LogP contribution in [0, 0.1) is 0 Å². The number of hydrogen-bond donors (Lipinski definition) is 2. The molecule has 128 valence electrons. The molecule has 5 heteroatoms. The van der Waals surface area contributed by atoms with Crippen molar-refractivity contribution < 1.29 is 0 Å². The van der Waals surface area contributed by atoms with Crippen molar-refractivity contribution in [3.8, 4) is 0 Å². The van der Waals surface area contributed by atoms with Crippen molar-refractivity contribution >= 4 is 22.7 Å². The minimum Gasteiger partial charge on any atom is -0.365 e. The van der Waals surface area contributed by atoms with Gasteiger partial charge in [0.15, 0.2) is 0 Å². The molecule has 0 radical (unpaired) electrons. The summed E-state index contributed by atoms with van der Waals surface area (Å²) in [6.45, 7) is 1.34. The third-order valence-electron chi connectivity index (χ3n) is 4.08. The Morgan fingerprint density at radius 2 is 1.46 bits per heavy atom. The molecule has 0 aliphatic rings. The lowest BCUT2D eigenvalue weighted by Crippen LogP contribution is -2.08. The SMILES string of the molecule is c1ccc(CNc2nc(NCc3cccnc3)c3ccccc3n2)cc1. The second kappa shape index (κ2) is 7.61. The smallest absolute Gasteiger partial charge is 0.225 e.